The molecule has 30 heavy (non-hydrogen) atoms. The number of carbonyl (C=O) groups is 3. The zero-order valence-corrected chi connectivity index (χ0v) is 17.6. The van der Waals surface area contributed by atoms with Gasteiger partial charge in [-0.25, -0.2) is 4.98 Å². The Morgan fingerprint density at radius 2 is 2.00 bits per heavy atom. The number of aryl methyl sites for hydroxylation is 2. The molecule has 2 aromatic carbocycles. The summed E-state index contributed by atoms with van der Waals surface area (Å²) in [4.78, 5) is 44.1. The van der Waals surface area contributed by atoms with E-state index in [0.29, 0.717) is 26.8 Å². The summed E-state index contributed by atoms with van der Waals surface area (Å²) in [5, 5.41) is 4.08. The van der Waals surface area contributed by atoms with Crippen molar-refractivity contribution in [2.24, 2.45) is 0 Å². The summed E-state index contributed by atoms with van der Waals surface area (Å²) >= 11 is 7.56. The molecule has 0 spiro atoms. The van der Waals surface area contributed by atoms with Crippen LogP contribution < -0.4 is 5.32 Å². The summed E-state index contributed by atoms with van der Waals surface area (Å²) in [6, 6.07) is 10.8. The number of thiazole rings is 1. The highest BCUT2D eigenvalue weighted by molar-refractivity contribution is 7.16. The number of fused-ring (bicyclic) bond motifs is 4. The number of aromatic nitrogens is 1. The molecule has 1 aliphatic carbocycles. The normalized spacial score (nSPS) is 14.4. The maximum absolute atomic E-state index is 12.7. The molecule has 1 N–H and O–H groups in total. The largest absolute Gasteiger partial charge is 0.302 e. The number of nitrogens with zero attached hydrogens (tertiary/aromatic N) is 2. The molecule has 8 heteroatoms. The topological polar surface area (TPSA) is 79.4 Å². The summed E-state index contributed by atoms with van der Waals surface area (Å²) in [7, 11) is 1.44. The Bertz CT molecular complexity index is 1250. The minimum Gasteiger partial charge on any atom is -0.302 e. The minimum absolute atomic E-state index is 0.00747. The van der Waals surface area contributed by atoms with E-state index in [1.54, 1.807) is 18.2 Å². The molecule has 0 bridgehead atoms. The molecule has 5 rings (SSSR count). The van der Waals surface area contributed by atoms with Crippen molar-refractivity contribution in [1.82, 2.24) is 9.88 Å². The molecule has 150 valence electrons. The zero-order valence-electron chi connectivity index (χ0n) is 16.0. The van der Waals surface area contributed by atoms with Gasteiger partial charge in [-0.2, -0.15) is 0 Å². The number of imide groups is 1. The predicted molar refractivity (Wildman–Crippen MR) is 115 cm³/mol. The highest BCUT2D eigenvalue weighted by atomic mass is 35.5. The summed E-state index contributed by atoms with van der Waals surface area (Å²) < 4.78 is 0. The summed E-state index contributed by atoms with van der Waals surface area (Å²) in [6.07, 6.45) is 1.73. The predicted octanol–water partition coefficient (Wildman–Crippen LogP) is 3.97. The number of halogens is 1. The number of hydrogen-bond acceptors (Lipinski definition) is 5. The van der Waals surface area contributed by atoms with E-state index >= 15 is 0 Å². The van der Waals surface area contributed by atoms with Crippen LogP contribution in [-0.2, 0) is 24.1 Å². The van der Waals surface area contributed by atoms with Gasteiger partial charge >= 0.3 is 0 Å². The Kier molecular flexibility index (Phi) is 4.45. The average molecular weight is 438 g/mol. The van der Waals surface area contributed by atoms with E-state index in [0.717, 1.165) is 39.4 Å². The number of nitrogens with one attached hydrogen (secondary N) is 1. The standard InChI is InChI=1S/C22H16ClN3O3S/c1-26-20(28)15-4-2-3-12(18(15)21(26)29)10-17(27)24-22-25-19-14-7-6-13(23)9-11(14)5-8-16(19)30-22/h2-4,6-7,9H,5,8,10H2,1H3,(H,24,25,27). The summed E-state index contributed by atoms with van der Waals surface area (Å²) in [5.74, 6) is -0.998. The van der Waals surface area contributed by atoms with Crippen molar-refractivity contribution in [2.75, 3.05) is 12.4 Å². The SMILES string of the molecule is CN1C(=O)c2cccc(CC(=O)Nc3nc4c(s3)CCc3cc(Cl)ccc3-4)c2C1=O. The second kappa shape index (κ2) is 7.04. The van der Waals surface area contributed by atoms with E-state index in [-0.39, 0.29) is 24.1 Å². The molecular formula is C22H16ClN3O3S. The third-order valence-electron chi connectivity index (χ3n) is 5.44. The van der Waals surface area contributed by atoms with Gasteiger partial charge in [-0.05, 0) is 42.2 Å². The van der Waals surface area contributed by atoms with Crippen molar-refractivity contribution in [3.63, 3.8) is 0 Å². The molecule has 0 atom stereocenters. The van der Waals surface area contributed by atoms with Crippen LogP contribution in [0.3, 0.4) is 0 Å². The molecule has 3 aromatic rings. The Morgan fingerprint density at radius 3 is 2.83 bits per heavy atom. The highest BCUT2D eigenvalue weighted by Crippen LogP contribution is 2.39. The van der Waals surface area contributed by atoms with Gasteiger partial charge in [0.25, 0.3) is 11.8 Å². The Balaban J connectivity index is 1.38. The van der Waals surface area contributed by atoms with Crippen LogP contribution in [0.4, 0.5) is 5.13 Å². The highest BCUT2D eigenvalue weighted by Gasteiger charge is 2.35. The summed E-state index contributed by atoms with van der Waals surface area (Å²) in [5.41, 5.74) is 4.28. The van der Waals surface area contributed by atoms with Gasteiger partial charge in [-0.15, -0.1) is 11.3 Å². The summed E-state index contributed by atoms with van der Waals surface area (Å²) in [6.45, 7) is 0. The molecule has 2 aliphatic rings. The first-order valence-corrected chi connectivity index (χ1v) is 10.6. The second-order valence-electron chi connectivity index (χ2n) is 7.33. The smallest absolute Gasteiger partial charge is 0.261 e. The average Bonchev–Trinajstić information content (AvgIpc) is 3.22. The molecule has 1 aromatic heterocycles. The number of anilines is 1. The van der Waals surface area contributed by atoms with Gasteiger partial charge < -0.3 is 5.32 Å². The van der Waals surface area contributed by atoms with E-state index in [4.69, 9.17) is 11.6 Å². The molecule has 0 saturated heterocycles. The number of carbonyl (C=O) groups excluding carboxylic acids is 3. The molecular weight excluding hydrogens is 422 g/mol. The van der Waals surface area contributed by atoms with Gasteiger partial charge in [0.1, 0.15) is 0 Å². The second-order valence-corrected chi connectivity index (χ2v) is 8.85. The lowest BCUT2D eigenvalue weighted by Gasteiger charge is -2.14. The van der Waals surface area contributed by atoms with Gasteiger partial charge in [-0.1, -0.05) is 29.8 Å². The van der Waals surface area contributed by atoms with Crippen LogP contribution in [0.15, 0.2) is 36.4 Å². The van der Waals surface area contributed by atoms with Crippen molar-refractivity contribution in [3.05, 3.63) is 68.6 Å². The zero-order chi connectivity index (χ0) is 21.0. The lowest BCUT2D eigenvalue weighted by atomic mass is 9.94. The fraction of sp³-hybridized carbons (Fsp3) is 0.182. The quantitative estimate of drug-likeness (QED) is 0.629. The molecule has 0 saturated carbocycles. The van der Waals surface area contributed by atoms with E-state index in [1.165, 1.54) is 18.4 Å². The van der Waals surface area contributed by atoms with Crippen molar-refractivity contribution in [1.29, 1.82) is 0 Å². The van der Waals surface area contributed by atoms with E-state index < -0.39 is 0 Å². The molecule has 2 heterocycles. The van der Waals surface area contributed by atoms with Crippen molar-refractivity contribution < 1.29 is 14.4 Å². The lowest BCUT2D eigenvalue weighted by molar-refractivity contribution is -0.115. The third-order valence-corrected chi connectivity index (χ3v) is 6.71. The van der Waals surface area contributed by atoms with Gasteiger partial charge in [0, 0.05) is 22.5 Å². The van der Waals surface area contributed by atoms with Crippen LogP contribution in [0.1, 0.15) is 36.7 Å². The fourth-order valence-corrected chi connectivity index (χ4v) is 5.17. The first kappa shape index (κ1) is 19.0. The van der Waals surface area contributed by atoms with Crippen LogP contribution in [0.5, 0.6) is 0 Å². The molecule has 0 radical (unpaired) electrons. The number of hydrogen-bond donors (Lipinski definition) is 1. The van der Waals surface area contributed by atoms with Gasteiger partial charge in [-0.3, -0.25) is 19.3 Å². The number of rotatable bonds is 3. The van der Waals surface area contributed by atoms with Crippen LogP contribution in [0.25, 0.3) is 11.3 Å². The van der Waals surface area contributed by atoms with E-state index in [2.05, 4.69) is 10.3 Å². The van der Waals surface area contributed by atoms with E-state index in [1.807, 2.05) is 18.2 Å². The molecule has 0 fully saturated rings. The molecule has 3 amide bonds. The van der Waals surface area contributed by atoms with Gasteiger partial charge in [0.2, 0.25) is 5.91 Å². The van der Waals surface area contributed by atoms with Crippen LogP contribution in [0.2, 0.25) is 5.02 Å². The van der Waals surface area contributed by atoms with Crippen LogP contribution >= 0.6 is 22.9 Å². The first-order chi connectivity index (χ1) is 14.4. The number of benzene rings is 2. The van der Waals surface area contributed by atoms with Gasteiger partial charge in [0.05, 0.1) is 23.2 Å². The van der Waals surface area contributed by atoms with Gasteiger partial charge in [0.15, 0.2) is 5.13 Å². The fourth-order valence-electron chi connectivity index (χ4n) is 3.99. The third kappa shape index (κ3) is 3.02. The molecule has 0 unspecified atom stereocenters. The Hall–Kier alpha value is -3.03. The molecule has 6 nitrogen and oxygen atoms in total. The molecule has 1 aliphatic heterocycles. The van der Waals surface area contributed by atoms with Crippen LogP contribution in [0, 0.1) is 0 Å². The number of amides is 3. The maximum Gasteiger partial charge on any atom is 0.261 e. The van der Waals surface area contributed by atoms with E-state index in [9.17, 15) is 14.4 Å². The first-order valence-electron chi connectivity index (χ1n) is 9.45. The lowest BCUT2D eigenvalue weighted by Crippen LogP contribution is -2.24. The van der Waals surface area contributed by atoms with Crippen molar-refractivity contribution in [2.45, 2.75) is 19.3 Å². The Labute approximate surface area is 181 Å². The van der Waals surface area contributed by atoms with Crippen LogP contribution in [-0.4, -0.2) is 34.7 Å². The van der Waals surface area contributed by atoms with Crippen molar-refractivity contribution >= 4 is 45.8 Å². The Morgan fingerprint density at radius 1 is 1.17 bits per heavy atom. The monoisotopic (exact) mass is 437 g/mol. The minimum atomic E-state index is -0.376. The van der Waals surface area contributed by atoms with Crippen molar-refractivity contribution in [3.8, 4) is 11.3 Å². The maximum atomic E-state index is 12.7.